The summed E-state index contributed by atoms with van der Waals surface area (Å²) in [6.45, 7) is 8.49. The first-order valence-corrected chi connectivity index (χ1v) is 6.66. The second kappa shape index (κ2) is 4.88. The van der Waals surface area contributed by atoms with Crippen molar-refractivity contribution in [2.75, 3.05) is 19.6 Å². The van der Waals surface area contributed by atoms with Crippen molar-refractivity contribution in [3.63, 3.8) is 0 Å². The molecule has 0 bridgehead atoms. The fourth-order valence-corrected chi connectivity index (χ4v) is 2.89. The Hall–Kier alpha value is -1.10. The van der Waals surface area contributed by atoms with Crippen molar-refractivity contribution < 1.29 is 19.1 Å². The Morgan fingerprint density at radius 1 is 1.17 bits per heavy atom. The summed E-state index contributed by atoms with van der Waals surface area (Å²) in [4.78, 5) is 26.0. The van der Waals surface area contributed by atoms with Crippen molar-refractivity contribution in [1.29, 1.82) is 0 Å². The summed E-state index contributed by atoms with van der Waals surface area (Å²) >= 11 is 0. The van der Waals surface area contributed by atoms with Crippen molar-refractivity contribution in [3.05, 3.63) is 0 Å². The van der Waals surface area contributed by atoms with Gasteiger partial charge in [-0.05, 0) is 20.0 Å². The molecule has 2 fully saturated rings. The van der Waals surface area contributed by atoms with Crippen LogP contribution >= 0.6 is 0 Å². The van der Waals surface area contributed by atoms with E-state index >= 15 is 0 Å². The highest BCUT2D eigenvalue weighted by atomic mass is 16.6. The third-order valence-electron chi connectivity index (χ3n) is 3.93. The molecule has 5 heteroatoms. The molecule has 3 unspecified atom stereocenters. The molecule has 2 heterocycles. The summed E-state index contributed by atoms with van der Waals surface area (Å²) in [5.74, 6) is -0.795. The molecule has 0 aromatic heterocycles. The van der Waals surface area contributed by atoms with Gasteiger partial charge in [0.25, 0.3) is 0 Å². The number of nitrogens with zero attached hydrogens (tertiary/aromatic N) is 1. The monoisotopic (exact) mass is 255 g/mol. The number of hydrogen-bond acceptors (Lipinski definition) is 5. The van der Waals surface area contributed by atoms with Crippen LogP contribution in [0.5, 0.6) is 0 Å². The van der Waals surface area contributed by atoms with E-state index in [0.29, 0.717) is 19.4 Å². The maximum Gasteiger partial charge on any atom is 0.324 e. The maximum absolute atomic E-state index is 12.0. The number of rotatable bonds is 4. The predicted octanol–water partition coefficient (Wildman–Crippen LogP) is 0.965. The van der Waals surface area contributed by atoms with E-state index in [9.17, 15) is 9.59 Å². The first-order chi connectivity index (χ1) is 8.51. The molecular weight excluding hydrogens is 234 g/mol. The molecule has 0 N–H and O–H groups in total. The molecule has 2 saturated heterocycles. The lowest BCUT2D eigenvalue weighted by Gasteiger charge is -2.21. The molecule has 1 spiro atoms. The van der Waals surface area contributed by atoms with Crippen LogP contribution < -0.4 is 0 Å². The molecule has 0 aliphatic carbocycles. The fraction of sp³-hybridized carbons (Fsp3) is 0.846. The number of likely N-dealkylation sites (N-methyl/N-ethyl adjacent to an activating group) is 1. The van der Waals surface area contributed by atoms with Crippen LogP contribution in [-0.4, -0.2) is 48.7 Å². The third-order valence-corrected chi connectivity index (χ3v) is 3.93. The minimum atomic E-state index is -1.02. The molecule has 5 nitrogen and oxygen atoms in total. The zero-order valence-corrected chi connectivity index (χ0v) is 11.3. The highest BCUT2D eigenvalue weighted by Gasteiger charge is 2.60. The third kappa shape index (κ3) is 2.11. The largest absolute Gasteiger partial charge is 0.462 e. The maximum atomic E-state index is 12.0. The van der Waals surface area contributed by atoms with E-state index in [1.807, 2.05) is 6.92 Å². The van der Waals surface area contributed by atoms with Gasteiger partial charge in [0.15, 0.2) is 5.41 Å². The standard InChI is InChI=1S/C13H21NO4/c1-4-14(5-2)8-10-7-13(12(16)18-10)6-9(3)17-11(13)15/h9-10H,4-8H2,1-3H3. The topological polar surface area (TPSA) is 55.8 Å². The lowest BCUT2D eigenvalue weighted by atomic mass is 9.82. The number of esters is 2. The number of carbonyl (C=O) groups is 2. The van der Waals surface area contributed by atoms with Gasteiger partial charge in [0.05, 0.1) is 0 Å². The molecule has 2 rings (SSSR count). The number of cyclic esters (lactones) is 2. The normalized spacial score (nSPS) is 35.3. The number of carbonyl (C=O) groups excluding carboxylic acids is 2. The molecular formula is C13H21NO4. The fourth-order valence-electron chi connectivity index (χ4n) is 2.89. The Kier molecular flexibility index (Phi) is 3.61. The van der Waals surface area contributed by atoms with Crippen LogP contribution in [0.2, 0.25) is 0 Å². The van der Waals surface area contributed by atoms with Gasteiger partial charge >= 0.3 is 11.9 Å². The molecule has 0 aromatic carbocycles. The van der Waals surface area contributed by atoms with Gasteiger partial charge in [-0.1, -0.05) is 13.8 Å². The highest BCUT2D eigenvalue weighted by Crippen LogP contribution is 2.44. The van der Waals surface area contributed by atoms with E-state index in [1.54, 1.807) is 0 Å². The molecule has 0 saturated carbocycles. The van der Waals surface area contributed by atoms with Crippen LogP contribution in [0.3, 0.4) is 0 Å². The van der Waals surface area contributed by atoms with Crippen LogP contribution in [0, 0.1) is 5.41 Å². The van der Waals surface area contributed by atoms with Gasteiger partial charge in [0.1, 0.15) is 12.2 Å². The first kappa shape index (κ1) is 13.3. The lowest BCUT2D eigenvalue weighted by molar-refractivity contribution is -0.158. The van der Waals surface area contributed by atoms with Gasteiger partial charge in [-0.3, -0.25) is 9.59 Å². The van der Waals surface area contributed by atoms with Gasteiger partial charge in [-0.25, -0.2) is 0 Å². The van der Waals surface area contributed by atoms with E-state index in [0.717, 1.165) is 13.1 Å². The van der Waals surface area contributed by atoms with Gasteiger partial charge in [0.2, 0.25) is 0 Å². The summed E-state index contributed by atoms with van der Waals surface area (Å²) in [5, 5.41) is 0. The van der Waals surface area contributed by atoms with Crippen molar-refractivity contribution in [2.24, 2.45) is 5.41 Å². The van der Waals surface area contributed by atoms with E-state index < -0.39 is 17.4 Å². The summed E-state index contributed by atoms with van der Waals surface area (Å²) in [6.07, 6.45) is 0.553. The zero-order valence-electron chi connectivity index (χ0n) is 11.3. The second-order valence-corrected chi connectivity index (χ2v) is 5.22. The van der Waals surface area contributed by atoms with E-state index in [-0.39, 0.29) is 12.2 Å². The van der Waals surface area contributed by atoms with E-state index in [2.05, 4.69) is 18.7 Å². The Labute approximate surface area is 107 Å². The van der Waals surface area contributed by atoms with Gasteiger partial charge in [-0.2, -0.15) is 0 Å². The van der Waals surface area contributed by atoms with E-state index in [4.69, 9.17) is 9.47 Å². The lowest BCUT2D eigenvalue weighted by Crippen LogP contribution is -2.33. The smallest absolute Gasteiger partial charge is 0.324 e. The molecule has 2 aliphatic rings. The first-order valence-electron chi connectivity index (χ1n) is 6.66. The van der Waals surface area contributed by atoms with E-state index in [1.165, 1.54) is 0 Å². The van der Waals surface area contributed by atoms with Crippen LogP contribution in [0.4, 0.5) is 0 Å². The van der Waals surface area contributed by atoms with Crippen molar-refractivity contribution >= 4 is 11.9 Å². The summed E-state index contributed by atoms with van der Waals surface area (Å²) < 4.78 is 10.5. The molecule has 102 valence electrons. The Morgan fingerprint density at radius 2 is 1.78 bits per heavy atom. The molecule has 0 radical (unpaired) electrons. The van der Waals surface area contributed by atoms with Gasteiger partial charge < -0.3 is 14.4 Å². The Morgan fingerprint density at radius 3 is 2.28 bits per heavy atom. The van der Waals surface area contributed by atoms with Crippen molar-refractivity contribution in [3.8, 4) is 0 Å². The molecule has 0 amide bonds. The average Bonchev–Trinajstić information content (AvgIpc) is 2.78. The zero-order chi connectivity index (χ0) is 13.3. The molecule has 0 aromatic rings. The van der Waals surface area contributed by atoms with Crippen LogP contribution in [0.25, 0.3) is 0 Å². The highest BCUT2D eigenvalue weighted by molar-refractivity contribution is 6.02. The minimum Gasteiger partial charge on any atom is -0.462 e. The van der Waals surface area contributed by atoms with Gasteiger partial charge in [0, 0.05) is 19.4 Å². The SMILES string of the molecule is CCN(CC)CC1CC2(CC(C)OC2=O)C(=O)O1. The quantitative estimate of drug-likeness (QED) is 0.553. The number of hydrogen-bond donors (Lipinski definition) is 0. The van der Waals surface area contributed by atoms with Gasteiger partial charge in [-0.15, -0.1) is 0 Å². The summed E-state index contributed by atoms with van der Waals surface area (Å²) in [7, 11) is 0. The van der Waals surface area contributed by atoms with Crippen LogP contribution in [-0.2, 0) is 19.1 Å². The average molecular weight is 255 g/mol. The van der Waals surface area contributed by atoms with Crippen LogP contribution in [0.15, 0.2) is 0 Å². The predicted molar refractivity (Wildman–Crippen MR) is 64.9 cm³/mol. The molecule has 2 aliphatic heterocycles. The molecule has 3 atom stereocenters. The summed E-state index contributed by atoms with van der Waals surface area (Å²) in [6, 6.07) is 0. The number of ether oxygens (including phenoxy) is 2. The Bertz CT molecular complexity index is 353. The van der Waals surface area contributed by atoms with Crippen molar-refractivity contribution in [1.82, 2.24) is 4.90 Å². The molecule has 18 heavy (non-hydrogen) atoms. The van der Waals surface area contributed by atoms with Crippen LogP contribution in [0.1, 0.15) is 33.6 Å². The van der Waals surface area contributed by atoms with Crippen molar-refractivity contribution in [2.45, 2.75) is 45.8 Å². The minimum absolute atomic E-state index is 0.183. The summed E-state index contributed by atoms with van der Waals surface area (Å²) in [5.41, 5.74) is -1.02. The second-order valence-electron chi connectivity index (χ2n) is 5.22. The Balaban J connectivity index is 2.05.